The average molecular weight is 445 g/mol. The number of carbonyl (C=O) groups excluding carboxylic acids is 1. The highest BCUT2D eigenvalue weighted by atomic mass is 32.3. The van der Waals surface area contributed by atoms with Crippen LogP contribution in [0.4, 0.5) is 0 Å². The Morgan fingerprint density at radius 1 is 1.03 bits per heavy atom. The van der Waals surface area contributed by atoms with Gasteiger partial charge in [0.05, 0.1) is 17.4 Å². The van der Waals surface area contributed by atoms with Crippen LogP contribution in [-0.4, -0.2) is 37.2 Å². The quantitative estimate of drug-likeness (QED) is 0.601. The second-order valence-corrected chi connectivity index (χ2v) is 10.3. The number of thioether (sulfide) groups is 1. The fraction of sp³-hybridized carbons (Fsp3) is 0.190. The van der Waals surface area contributed by atoms with E-state index < -0.39 is 26.4 Å². The number of primary amides is 1. The van der Waals surface area contributed by atoms with Crippen LogP contribution in [0.15, 0.2) is 76.4 Å². The SMILES string of the molecule is NC(=O)C1NCCSC1S(=O)(=O)c1ccc(Oc2ccc(-c3ccoc3)cc2)cc1. The molecule has 156 valence electrons. The molecule has 2 atom stereocenters. The van der Waals surface area contributed by atoms with Crippen molar-refractivity contribution in [2.45, 2.75) is 15.5 Å². The molecule has 7 nitrogen and oxygen atoms in total. The van der Waals surface area contributed by atoms with Crippen molar-refractivity contribution in [3.05, 3.63) is 67.1 Å². The van der Waals surface area contributed by atoms with E-state index in [4.69, 9.17) is 14.9 Å². The minimum atomic E-state index is -3.74. The monoisotopic (exact) mass is 444 g/mol. The zero-order valence-electron chi connectivity index (χ0n) is 15.9. The average Bonchev–Trinajstić information content (AvgIpc) is 3.29. The Morgan fingerprint density at radius 2 is 1.70 bits per heavy atom. The minimum Gasteiger partial charge on any atom is -0.472 e. The first-order valence-corrected chi connectivity index (χ1v) is 11.8. The molecule has 1 aliphatic heterocycles. The molecule has 2 aromatic carbocycles. The van der Waals surface area contributed by atoms with Gasteiger partial charge in [-0.1, -0.05) is 12.1 Å². The third-order valence-corrected chi connectivity index (χ3v) is 8.75. The van der Waals surface area contributed by atoms with Crippen LogP contribution in [0, 0.1) is 0 Å². The molecule has 9 heteroatoms. The van der Waals surface area contributed by atoms with Crippen molar-refractivity contribution < 1.29 is 22.4 Å². The molecule has 1 aromatic heterocycles. The summed E-state index contributed by atoms with van der Waals surface area (Å²) in [5, 5.41) is 2.90. The summed E-state index contributed by atoms with van der Waals surface area (Å²) < 4.78 is 36.0. The first kappa shape index (κ1) is 20.5. The maximum Gasteiger partial charge on any atom is 0.236 e. The number of nitrogens with one attached hydrogen (secondary N) is 1. The highest BCUT2D eigenvalue weighted by Gasteiger charge is 2.40. The molecule has 0 aliphatic carbocycles. The van der Waals surface area contributed by atoms with Crippen molar-refractivity contribution in [1.82, 2.24) is 5.32 Å². The molecule has 30 heavy (non-hydrogen) atoms. The Labute approximate surface area is 178 Å². The zero-order chi connectivity index (χ0) is 21.1. The Balaban J connectivity index is 1.49. The standard InChI is InChI=1S/C21H20N2O5S2/c22-20(24)19-21(29-12-10-23-19)30(25,26)18-7-5-17(6-8-18)28-16-3-1-14(2-4-16)15-9-11-27-13-15/h1-9,11,13,19,21,23H,10,12H2,(H2,22,24). The van der Waals surface area contributed by atoms with E-state index in [0.29, 0.717) is 23.8 Å². The Hall–Kier alpha value is -2.75. The summed E-state index contributed by atoms with van der Waals surface area (Å²) in [7, 11) is -3.74. The number of ether oxygens (including phenoxy) is 1. The molecule has 1 amide bonds. The molecule has 3 aromatic rings. The van der Waals surface area contributed by atoms with Crippen LogP contribution >= 0.6 is 11.8 Å². The maximum atomic E-state index is 13.0. The van der Waals surface area contributed by atoms with Gasteiger partial charge >= 0.3 is 0 Å². The largest absolute Gasteiger partial charge is 0.472 e. The molecule has 2 unspecified atom stereocenters. The highest BCUT2D eigenvalue weighted by Crippen LogP contribution is 2.31. The summed E-state index contributed by atoms with van der Waals surface area (Å²) in [5.74, 6) is 1.04. The third-order valence-electron chi connectivity index (χ3n) is 4.73. The summed E-state index contributed by atoms with van der Waals surface area (Å²) >= 11 is 1.22. The second-order valence-electron chi connectivity index (χ2n) is 6.73. The first-order valence-electron chi connectivity index (χ1n) is 9.24. The van der Waals surface area contributed by atoms with Crippen molar-refractivity contribution in [2.75, 3.05) is 12.3 Å². The number of amides is 1. The number of hydrogen-bond donors (Lipinski definition) is 2. The van der Waals surface area contributed by atoms with E-state index in [1.807, 2.05) is 30.3 Å². The van der Waals surface area contributed by atoms with Gasteiger partial charge in [-0.25, -0.2) is 8.42 Å². The van der Waals surface area contributed by atoms with Gasteiger partial charge in [0.25, 0.3) is 0 Å². The molecule has 1 saturated heterocycles. The molecule has 2 heterocycles. The van der Waals surface area contributed by atoms with Crippen molar-refractivity contribution in [1.29, 1.82) is 0 Å². The van der Waals surface area contributed by atoms with Gasteiger partial charge in [-0.05, 0) is 48.0 Å². The van der Waals surface area contributed by atoms with Gasteiger partial charge in [0.2, 0.25) is 5.91 Å². The lowest BCUT2D eigenvalue weighted by Gasteiger charge is -2.29. The second kappa shape index (κ2) is 8.55. The van der Waals surface area contributed by atoms with E-state index in [0.717, 1.165) is 11.1 Å². The van der Waals surface area contributed by atoms with Gasteiger partial charge in [-0.2, -0.15) is 0 Å². The highest BCUT2D eigenvalue weighted by molar-refractivity contribution is 8.13. The minimum absolute atomic E-state index is 0.123. The van der Waals surface area contributed by atoms with Gasteiger partial charge in [-0.3, -0.25) is 4.79 Å². The van der Waals surface area contributed by atoms with Gasteiger partial charge in [0.1, 0.15) is 22.1 Å². The van der Waals surface area contributed by atoms with Crippen LogP contribution in [0.25, 0.3) is 11.1 Å². The van der Waals surface area contributed by atoms with Crippen molar-refractivity contribution >= 4 is 27.5 Å². The fourth-order valence-electron chi connectivity index (χ4n) is 3.20. The Kier molecular flexibility index (Phi) is 5.85. The lowest BCUT2D eigenvalue weighted by molar-refractivity contribution is -0.119. The summed E-state index contributed by atoms with van der Waals surface area (Å²) in [6, 6.07) is 14.6. The fourth-order valence-corrected chi connectivity index (χ4v) is 6.80. The van der Waals surface area contributed by atoms with Crippen LogP contribution < -0.4 is 15.8 Å². The van der Waals surface area contributed by atoms with Gasteiger partial charge in [0, 0.05) is 17.9 Å². The topological polar surface area (TPSA) is 112 Å². The predicted octanol–water partition coefficient (Wildman–Crippen LogP) is 3.03. The first-order chi connectivity index (χ1) is 14.4. The summed E-state index contributed by atoms with van der Waals surface area (Å²) in [5.41, 5.74) is 7.35. The van der Waals surface area contributed by atoms with Crippen LogP contribution in [-0.2, 0) is 14.6 Å². The smallest absolute Gasteiger partial charge is 0.236 e. The lowest BCUT2D eigenvalue weighted by atomic mass is 10.1. The molecular formula is C21H20N2O5S2. The molecule has 1 fully saturated rings. The van der Waals surface area contributed by atoms with Crippen LogP contribution in [0.2, 0.25) is 0 Å². The number of hydrogen-bond acceptors (Lipinski definition) is 7. The number of rotatable bonds is 6. The van der Waals surface area contributed by atoms with Crippen LogP contribution in [0.5, 0.6) is 11.5 Å². The van der Waals surface area contributed by atoms with E-state index in [2.05, 4.69) is 5.32 Å². The van der Waals surface area contributed by atoms with E-state index in [9.17, 15) is 13.2 Å². The molecule has 1 aliphatic rings. The summed E-state index contributed by atoms with van der Waals surface area (Å²) in [6.45, 7) is 0.538. The van der Waals surface area contributed by atoms with Crippen molar-refractivity contribution in [3.8, 4) is 22.6 Å². The van der Waals surface area contributed by atoms with Gasteiger partial charge in [-0.15, -0.1) is 11.8 Å². The number of carbonyl (C=O) groups is 1. The zero-order valence-corrected chi connectivity index (χ0v) is 17.5. The lowest BCUT2D eigenvalue weighted by Crippen LogP contribution is -2.54. The number of benzene rings is 2. The van der Waals surface area contributed by atoms with Crippen molar-refractivity contribution in [3.63, 3.8) is 0 Å². The molecule has 4 rings (SSSR count). The Bertz CT molecular complexity index is 1110. The number of sulfone groups is 1. The summed E-state index contributed by atoms with van der Waals surface area (Å²) in [6.07, 6.45) is 3.28. The van der Waals surface area contributed by atoms with Crippen molar-refractivity contribution in [2.24, 2.45) is 5.73 Å². The van der Waals surface area contributed by atoms with E-state index in [-0.39, 0.29) is 4.90 Å². The van der Waals surface area contributed by atoms with E-state index >= 15 is 0 Å². The number of furan rings is 1. The molecule has 0 spiro atoms. The normalized spacial score (nSPS) is 19.3. The summed E-state index contributed by atoms with van der Waals surface area (Å²) in [4.78, 5) is 11.8. The van der Waals surface area contributed by atoms with Crippen LogP contribution in [0.3, 0.4) is 0 Å². The molecule has 3 N–H and O–H groups in total. The molecule has 0 radical (unpaired) electrons. The van der Waals surface area contributed by atoms with E-state index in [1.165, 1.54) is 23.9 Å². The van der Waals surface area contributed by atoms with Gasteiger partial charge in [0.15, 0.2) is 9.84 Å². The molecule has 0 saturated carbocycles. The Morgan fingerprint density at radius 3 is 2.30 bits per heavy atom. The molecule has 0 bridgehead atoms. The third kappa shape index (κ3) is 4.23. The molecular weight excluding hydrogens is 424 g/mol. The van der Waals surface area contributed by atoms with E-state index in [1.54, 1.807) is 24.7 Å². The van der Waals surface area contributed by atoms with Gasteiger partial charge < -0.3 is 20.2 Å². The maximum absolute atomic E-state index is 13.0. The number of nitrogens with two attached hydrogens (primary N) is 1. The predicted molar refractivity (Wildman–Crippen MR) is 115 cm³/mol. The van der Waals surface area contributed by atoms with Crippen LogP contribution in [0.1, 0.15) is 0 Å².